The first-order valence-electron chi connectivity index (χ1n) is 8.34. The number of carbonyl (C=O) groups is 2. The number of carbonyl (C=O) groups excluding carboxylic acids is 2. The van der Waals surface area contributed by atoms with Gasteiger partial charge in [0.05, 0.1) is 0 Å². The number of rotatable bonds is 13. The van der Waals surface area contributed by atoms with Crippen molar-refractivity contribution in [3.05, 3.63) is 24.6 Å². The molecule has 6 nitrogen and oxygen atoms in total. The summed E-state index contributed by atoms with van der Waals surface area (Å²) in [5, 5.41) is 6.01. The van der Waals surface area contributed by atoms with E-state index in [1.807, 2.05) is 13.8 Å². The molecule has 0 aliphatic rings. The molecule has 0 amide bonds. The molecule has 0 aromatic heterocycles. The van der Waals surface area contributed by atoms with Crippen molar-refractivity contribution in [3.63, 3.8) is 0 Å². The average Bonchev–Trinajstić information content (AvgIpc) is 2.49. The van der Waals surface area contributed by atoms with Gasteiger partial charge in [-0.25, -0.2) is 0 Å². The Morgan fingerprint density at radius 2 is 1.12 bits per heavy atom. The quantitative estimate of drug-likeness (QED) is 0.394. The Bertz CT molecular complexity index is 412. The summed E-state index contributed by atoms with van der Waals surface area (Å²) in [6, 6.07) is 0. The van der Waals surface area contributed by atoms with Gasteiger partial charge in [-0.15, -0.1) is 0 Å². The van der Waals surface area contributed by atoms with Gasteiger partial charge in [0.25, 0.3) is 0 Å². The number of hydrogen-bond acceptors (Lipinski definition) is 6. The van der Waals surface area contributed by atoms with Gasteiger partial charge in [-0.3, -0.25) is 9.59 Å². The van der Waals surface area contributed by atoms with E-state index in [9.17, 15) is 9.59 Å². The van der Waals surface area contributed by atoms with Crippen LogP contribution in [-0.4, -0.2) is 49.1 Å². The van der Waals surface area contributed by atoms with Crippen molar-refractivity contribution in [1.29, 1.82) is 0 Å². The minimum absolute atomic E-state index is 0.0894. The van der Waals surface area contributed by atoms with Crippen LogP contribution in [-0.2, 0) is 19.1 Å². The van der Waals surface area contributed by atoms with Crippen LogP contribution in [0.25, 0.3) is 0 Å². The van der Waals surface area contributed by atoms with Crippen molar-refractivity contribution in [2.45, 2.75) is 52.7 Å². The molecule has 0 fully saturated rings. The lowest BCUT2D eigenvalue weighted by atomic mass is 10.0. The van der Waals surface area contributed by atoms with Gasteiger partial charge in [-0.2, -0.15) is 0 Å². The van der Waals surface area contributed by atoms with Gasteiger partial charge in [0.15, 0.2) is 11.6 Å². The van der Waals surface area contributed by atoms with Gasteiger partial charge in [0.2, 0.25) is 0 Å². The zero-order chi connectivity index (χ0) is 18.6. The van der Waals surface area contributed by atoms with E-state index in [4.69, 9.17) is 9.47 Å². The van der Waals surface area contributed by atoms with Crippen LogP contribution in [0.5, 0.6) is 0 Å². The van der Waals surface area contributed by atoms with Crippen molar-refractivity contribution in [1.82, 2.24) is 10.6 Å². The van der Waals surface area contributed by atoms with E-state index in [0.29, 0.717) is 26.3 Å². The third-order valence-corrected chi connectivity index (χ3v) is 3.32. The van der Waals surface area contributed by atoms with Gasteiger partial charge >= 0.3 is 0 Å². The lowest BCUT2D eigenvalue weighted by Gasteiger charge is -2.21. The summed E-state index contributed by atoms with van der Waals surface area (Å²) in [5.74, 6) is -0.179. The molecule has 0 spiro atoms. The molecule has 0 aromatic rings. The third-order valence-electron chi connectivity index (χ3n) is 3.32. The van der Waals surface area contributed by atoms with Crippen molar-refractivity contribution in [2.75, 3.05) is 26.3 Å². The van der Waals surface area contributed by atoms with Gasteiger partial charge in [-0.05, 0) is 53.7 Å². The highest BCUT2D eigenvalue weighted by Gasteiger charge is 2.25. The molecule has 24 heavy (non-hydrogen) atoms. The van der Waals surface area contributed by atoms with Crippen LogP contribution in [0.1, 0.15) is 41.5 Å². The SMILES string of the molecule is CCOC(C)(C)C(=O)/C=C\NCCN/C=C\C(=O)C(C)(C)OCC. The Labute approximate surface area is 145 Å². The summed E-state index contributed by atoms with van der Waals surface area (Å²) in [4.78, 5) is 23.8. The molecule has 0 heterocycles. The summed E-state index contributed by atoms with van der Waals surface area (Å²) in [6.07, 6.45) is 6.16. The first kappa shape index (κ1) is 22.3. The summed E-state index contributed by atoms with van der Waals surface area (Å²) in [6.45, 7) is 12.9. The number of nitrogens with one attached hydrogen (secondary N) is 2. The largest absolute Gasteiger partial charge is 0.389 e. The van der Waals surface area contributed by atoms with Gasteiger partial charge in [-0.1, -0.05) is 0 Å². The lowest BCUT2D eigenvalue weighted by Crippen LogP contribution is -2.34. The Hall–Kier alpha value is -1.66. The fourth-order valence-electron chi connectivity index (χ4n) is 1.85. The highest BCUT2D eigenvalue weighted by atomic mass is 16.5. The van der Waals surface area contributed by atoms with Crippen LogP contribution in [0.2, 0.25) is 0 Å². The molecule has 0 rings (SSSR count). The zero-order valence-electron chi connectivity index (χ0n) is 15.8. The van der Waals surface area contributed by atoms with Crippen molar-refractivity contribution in [3.8, 4) is 0 Å². The molecular formula is C18H32N2O4. The Morgan fingerprint density at radius 1 is 0.792 bits per heavy atom. The minimum atomic E-state index is -0.804. The smallest absolute Gasteiger partial charge is 0.188 e. The van der Waals surface area contributed by atoms with E-state index in [1.165, 1.54) is 12.2 Å². The average molecular weight is 340 g/mol. The zero-order valence-corrected chi connectivity index (χ0v) is 15.8. The molecule has 0 bridgehead atoms. The van der Waals surface area contributed by atoms with Crippen molar-refractivity contribution < 1.29 is 19.1 Å². The summed E-state index contributed by atoms with van der Waals surface area (Å²) >= 11 is 0. The molecule has 0 aliphatic heterocycles. The maximum absolute atomic E-state index is 11.9. The summed E-state index contributed by atoms with van der Waals surface area (Å²) in [7, 11) is 0. The first-order valence-corrected chi connectivity index (χ1v) is 8.34. The molecule has 6 heteroatoms. The third kappa shape index (κ3) is 8.84. The predicted molar refractivity (Wildman–Crippen MR) is 95.7 cm³/mol. The highest BCUT2D eigenvalue weighted by Crippen LogP contribution is 2.11. The van der Waals surface area contributed by atoms with E-state index < -0.39 is 11.2 Å². The van der Waals surface area contributed by atoms with E-state index >= 15 is 0 Å². The van der Waals surface area contributed by atoms with Crippen LogP contribution in [0.4, 0.5) is 0 Å². The second-order valence-electron chi connectivity index (χ2n) is 6.19. The van der Waals surface area contributed by atoms with Crippen LogP contribution in [0.15, 0.2) is 24.6 Å². The molecule has 0 radical (unpaired) electrons. The molecule has 0 unspecified atom stereocenters. The topological polar surface area (TPSA) is 76.7 Å². The molecule has 0 saturated heterocycles. The fraction of sp³-hybridized carbons (Fsp3) is 0.667. The lowest BCUT2D eigenvalue weighted by molar-refractivity contribution is -0.135. The van der Waals surface area contributed by atoms with Gasteiger partial charge in [0.1, 0.15) is 11.2 Å². The van der Waals surface area contributed by atoms with E-state index in [-0.39, 0.29) is 11.6 Å². The Balaban J connectivity index is 3.99. The highest BCUT2D eigenvalue weighted by molar-refractivity contribution is 5.96. The molecule has 0 aliphatic carbocycles. The number of ketones is 2. The summed E-state index contributed by atoms with van der Waals surface area (Å²) < 4.78 is 10.8. The van der Waals surface area contributed by atoms with E-state index in [0.717, 1.165) is 0 Å². The second kappa shape index (κ2) is 11.0. The minimum Gasteiger partial charge on any atom is -0.389 e. The van der Waals surface area contributed by atoms with Crippen LogP contribution in [0.3, 0.4) is 0 Å². The fourth-order valence-corrected chi connectivity index (χ4v) is 1.85. The maximum atomic E-state index is 11.9. The normalized spacial score (nSPS) is 12.8. The Morgan fingerprint density at radius 3 is 1.42 bits per heavy atom. The van der Waals surface area contributed by atoms with Crippen LogP contribution >= 0.6 is 0 Å². The standard InChI is InChI=1S/C18H32N2O4/c1-7-23-17(3,4)15(21)9-11-19-13-14-20-12-10-16(22)18(5,6)24-8-2/h9-12,19-20H,7-8,13-14H2,1-6H3/b11-9-,12-10-. The number of hydrogen-bond donors (Lipinski definition) is 2. The Kier molecular flexibility index (Phi) is 10.2. The molecule has 2 N–H and O–H groups in total. The van der Waals surface area contributed by atoms with Gasteiger partial charge in [0, 0.05) is 38.7 Å². The molecule has 0 atom stereocenters. The number of ether oxygens (including phenoxy) is 2. The van der Waals surface area contributed by atoms with Crippen LogP contribution in [0, 0.1) is 0 Å². The van der Waals surface area contributed by atoms with E-state index in [2.05, 4.69) is 10.6 Å². The predicted octanol–water partition coefficient (Wildman–Crippen LogP) is 1.96. The monoisotopic (exact) mass is 340 g/mol. The maximum Gasteiger partial charge on any atom is 0.188 e. The molecule has 0 aromatic carbocycles. The van der Waals surface area contributed by atoms with Crippen molar-refractivity contribution in [2.24, 2.45) is 0 Å². The second-order valence-corrected chi connectivity index (χ2v) is 6.19. The van der Waals surface area contributed by atoms with Crippen molar-refractivity contribution >= 4 is 11.6 Å². The molecule has 0 saturated carbocycles. The summed E-state index contributed by atoms with van der Waals surface area (Å²) in [5.41, 5.74) is -1.61. The molecule has 138 valence electrons. The molecular weight excluding hydrogens is 308 g/mol. The van der Waals surface area contributed by atoms with Gasteiger partial charge < -0.3 is 20.1 Å². The van der Waals surface area contributed by atoms with Crippen LogP contribution < -0.4 is 10.6 Å². The van der Waals surface area contributed by atoms with E-state index in [1.54, 1.807) is 40.1 Å². The first-order chi connectivity index (χ1) is 11.2.